The minimum absolute atomic E-state index is 0.00887. The highest BCUT2D eigenvalue weighted by Gasteiger charge is 2.12. The maximum atomic E-state index is 11.3. The lowest BCUT2D eigenvalue weighted by Gasteiger charge is -2.08. The summed E-state index contributed by atoms with van der Waals surface area (Å²) in [4.78, 5) is 24.5. The number of carbonyl (C=O) groups excluding carboxylic acids is 1. The summed E-state index contributed by atoms with van der Waals surface area (Å²) in [6.45, 7) is 0. The van der Waals surface area contributed by atoms with Gasteiger partial charge in [0.25, 0.3) is 5.56 Å². The molecule has 0 fully saturated rings. The SMILES string of the molecule is O=Cc1cc(-c2c(Cl)cc(Cl)cc2Cl)c[nH]c1=O. The fourth-order valence-corrected chi connectivity index (χ4v) is 2.59. The molecule has 1 N–H and O–H groups in total. The number of H-pyrrole nitrogens is 1. The first-order valence-corrected chi connectivity index (χ1v) is 5.99. The van der Waals surface area contributed by atoms with Gasteiger partial charge in [-0.05, 0) is 18.2 Å². The summed E-state index contributed by atoms with van der Waals surface area (Å²) in [6.07, 6.45) is 1.91. The van der Waals surface area contributed by atoms with E-state index in [1.54, 1.807) is 0 Å². The van der Waals surface area contributed by atoms with Crippen LogP contribution in [0.5, 0.6) is 0 Å². The predicted molar refractivity (Wildman–Crippen MR) is 72.9 cm³/mol. The second-order valence-electron chi connectivity index (χ2n) is 3.54. The average molecular weight is 303 g/mol. The maximum Gasteiger partial charge on any atom is 0.258 e. The average Bonchev–Trinajstić information content (AvgIpc) is 2.30. The lowest BCUT2D eigenvalue weighted by molar-refractivity contribution is 0.112. The smallest absolute Gasteiger partial charge is 0.258 e. The third-order valence-electron chi connectivity index (χ3n) is 2.35. The first kappa shape index (κ1) is 13.1. The number of nitrogens with one attached hydrogen (secondary N) is 1. The highest BCUT2D eigenvalue weighted by atomic mass is 35.5. The first-order valence-electron chi connectivity index (χ1n) is 4.85. The van der Waals surface area contributed by atoms with Crippen LogP contribution < -0.4 is 5.56 Å². The monoisotopic (exact) mass is 301 g/mol. The van der Waals surface area contributed by atoms with E-state index in [1.165, 1.54) is 24.4 Å². The zero-order chi connectivity index (χ0) is 13.3. The number of benzene rings is 1. The third-order valence-corrected chi connectivity index (χ3v) is 3.17. The molecule has 0 amide bonds. The van der Waals surface area contributed by atoms with Crippen LogP contribution in [0.4, 0.5) is 0 Å². The fraction of sp³-hybridized carbons (Fsp3) is 0. The summed E-state index contributed by atoms with van der Waals surface area (Å²) < 4.78 is 0. The second kappa shape index (κ2) is 5.14. The molecule has 0 saturated heterocycles. The Morgan fingerprint density at radius 1 is 1.06 bits per heavy atom. The Kier molecular flexibility index (Phi) is 3.76. The van der Waals surface area contributed by atoms with Crippen LogP contribution in [0.3, 0.4) is 0 Å². The van der Waals surface area contributed by atoms with Crippen LogP contribution in [-0.2, 0) is 0 Å². The van der Waals surface area contributed by atoms with Crippen molar-refractivity contribution in [2.75, 3.05) is 0 Å². The molecule has 0 aliphatic heterocycles. The van der Waals surface area contributed by atoms with Crippen molar-refractivity contribution < 1.29 is 4.79 Å². The highest BCUT2D eigenvalue weighted by molar-refractivity contribution is 6.41. The van der Waals surface area contributed by atoms with E-state index in [0.717, 1.165) is 0 Å². The molecule has 0 radical (unpaired) electrons. The van der Waals surface area contributed by atoms with E-state index in [0.29, 0.717) is 32.5 Å². The van der Waals surface area contributed by atoms with E-state index in [9.17, 15) is 9.59 Å². The quantitative estimate of drug-likeness (QED) is 0.857. The van der Waals surface area contributed by atoms with Crippen molar-refractivity contribution in [3.8, 4) is 11.1 Å². The first-order chi connectivity index (χ1) is 8.52. The molecule has 0 saturated carbocycles. The minimum atomic E-state index is -0.463. The summed E-state index contributed by atoms with van der Waals surface area (Å²) >= 11 is 17.9. The molecule has 0 atom stereocenters. The Labute approximate surface area is 117 Å². The van der Waals surface area contributed by atoms with Gasteiger partial charge in [0, 0.05) is 22.3 Å². The van der Waals surface area contributed by atoms with Crippen molar-refractivity contribution in [3.05, 3.63) is 55.4 Å². The molecule has 1 aromatic carbocycles. The normalized spacial score (nSPS) is 10.4. The van der Waals surface area contributed by atoms with Crippen LogP contribution in [0, 0.1) is 0 Å². The van der Waals surface area contributed by atoms with Crippen LogP contribution in [0.1, 0.15) is 10.4 Å². The van der Waals surface area contributed by atoms with E-state index in [2.05, 4.69) is 4.98 Å². The van der Waals surface area contributed by atoms with Crippen molar-refractivity contribution in [2.45, 2.75) is 0 Å². The Morgan fingerprint density at radius 3 is 2.22 bits per heavy atom. The van der Waals surface area contributed by atoms with Gasteiger partial charge in [0.15, 0.2) is 6.29 Å². The number of carbonyl (C=O) groups is 1. The summed E-state index contributed by atoms with van der Waals surface area (Å²) in [5, 5.41) is 1.10. The highest BCUT2D eigenvalue weighted by Crippen LogP contribution is 2.36. The number of aromatic nitrogens is 1. The van der Waals surface area contributed by atoms with Gasteiger partial charge >= 0.3 is 0 Å². The molecular weight excluding hydrogens is 296 g/mol. The molecule has 0 aliphatic rings. The molecule has 2 aromatic rings. The van der Waals surface area contributed by atoms with Gasteiger partial charge in [0.1, 0.15) is 0 Å². The molecular formula is C12H6Cl3NO2. The summed E-state index contributed by atoms with van der Waals surface area (Å²) in [5.41, 5.74) is 0.606. The number of halogens is 3. The van der Waals surface area contributed by atoms with E-state index < -0.39 is 5.56 Å². The topological polar surface area (TPSA) is 49.9 Å². The number of rotatable bonds is 2. The lowest BCUT2D eigenvalue weighted by atomic mass is 10.1. The number of pyridine rings is 1. The third kappa shape index (κ3) is 2.43. The van der Waals surface area contributed by atoms with E-state index in [4.69, 9.17) is 34.8 Å². The zero-order valence-corrected chi connectivity index (χ0v) is 11.1. The molecule has 1 aromatic heterocycles. The maximum absolute atomic E-state index is 11.3. The molecule has 2 rings (SSSR count). The number of hydrogen-bond acceptors (Lipinski definition) is 2. The molecule has 0 bridgehead atoms. The van der Waals surface area contributed by atoms with Gasteiger partial charge in [-0.15, -0.1) is 0 Å². The van der Waals surface area contributed by atoms with Crippen molar-refractivity contribution in [2.24, 2.45) is 0 Å². The molecule has 3 nitrogen and oxygen atoms in total. The van der Waals surface area contributed by atoms with Crippen molar-refractivity contribution in [1.82, 2.24) is 4.98 Å². The van der Waals surface area contributed by atoms with Crippen LogP contribution >= 0.6 is 34.8 Å². The van der Waals surface area contributed by atoms with E-state index in [-0.39, 0.29) is 5.56 Å². The molecule has 1 heterocycles. The minimum Gasteiger partial charge on any atom is -0.328 e. The fourth-order valence-electron chi connectivity index (χ4n) is 1.55. The standard InChI is InChI=1S/C12H6Cl3NO2/c13-8-2-9(14)11(10(15)3-8)6-1-7(5-17)12(18)16-4-6/h1-5H,(H,16,18). The van der Waals surface area contributed by atoms with Crippen molar-refractivity contribution in [3.63, 3.8) is 0 Å². The molecule has 0 spiro atoms. The molecule has 0 aliphatic carbocycles. The summed E-state index contributed by atoms with van der Waals surface area (Å²) in [6, 6.07) is 4.50. The molecule has 6 heteroatoms. The summed E-state index contributed by atoms with van der Waals surface area (Å²) in [7, 11) is 0. The number of hydrogen-bond donors (Lipinski definition) is 1. The largest absolute Gasteiger partial charge is 0.328 e. The zero-order valence-electron chi connectivity index (χ0n) is 8.84. The van der Waals surface area contributed by atoms with Gasteiger partial charge in [-0.25, -0.2) is 0 Å². The Balaban J connectivity index is 2.69. The van der Waals surface area contributed by atoms with Gasteiger partial charge in [-0.2, -0.15) is 0 Å². The molecule has 18 heavy (non-hydrogen) atoms. The van der Waals surface area contributed by atoms with Crippen LogP contribution in [0.25, 0.3) is 11.1 Å². The predicted octanol–water partition coefficient (Wildman–Crippen LogP) is 3.81. The Bertz CT molecular complexity index is 656. The van der Waals surface area contributed by atoms with Gasteiger partial charge in [-0.3, -0.25) is 9.59 Å². The Hall–Kier alpha value is -1.29. The van der Waals surface area contributed by atoms with Gasteiger partial charge in [0.2, 0.25) is 0 Å². The van der Waals surface area contributed by atoms with Crippen LogP contribution in [-0.4, -0.2) is 11.3 Å². The van der Waals surface area contributed by atoms with E-state index in [1.807, 2.05) is 0 Å². The van der Waals surface area contributed by atoms with Gasteiger partial charge < -0.3 is 4.98 Å². The van der Waals surface area contributed by atoms with E-state index >= 15 is 0 Å². The lowest BCUT2D eigenvalue weighted by Crippen LogP contribution is -2.10. The van der Waals surface area contributed by atoms with Crippen molar-refractivity contribution >= 4 is 41.1 Å². The Morgan fingerprint density at radius 2 is 1.67 bits per heavy atom. The van der Waals surface area contributed by atoms with Gasteiger partial charge in [-0.1, -0.05) is 34.8 Å². The van der Waals surface area contributed by atoms with Crippen LogP contribution in [0.15, 0.2) is 29.2 Å². The second-order valence-corrected chi connectivity index (χ2v) is 4.79. The summed E-state index contributed by atoms with van der Waals surface area (Å²) in [5.74, 6) is 0. The van der Waals surface area contributed by atoms with Crippen LogP contribution in [0.2, 0.25) is 15.1 Å². The van der Waals surface area contributed by atoms with Crippen molar-refractivity contribution in [1.29, 1.82) is 0 Å². The molecule has 0 unspecified atom stereocenters. The molecule has 92 valence electrons. The number of aromatic amines is 1. The van der Waals surface area contributed by atoms with Gasteiger partial charge in [0.05, 0.1) is 15.6 Å². The number of aldehydes is 1.